The highest BCUT2D eigenvalue weighted by atomic mass is 16.1. The van der Waals surface area contributed by atoms with Gasteiger partial charge in [-0.3, -0.25) is 4.79 Å². The second-order valence-electron chi connectivity index (χ2n) is 8.99. The highest BCUT2D eigenvalue weighted by molar-refractivity contribution is 6.15. The third kappa shape index (κ3) is 3.58. The standard InChI is InChI=1S/C27H30N2O/c1-28-13-4-6-22-15-19(8-12-25(22)28)16-23-10-11-24(27(23)30)17-20-7-9-21-5-3-14-29(2)26(21)18-20/h7-9,12,15-18H,3-6,10-11,13-14H2,1-2H3/b23-16+,24-17-. The number of fused-ring (bicyclic) bond motifs is 2. The van der Waals surface area contributed by atoms with Crippen LogP contribution in [-0.2, 0) is 17.6 Å². The van der Waals surface area contributed by atoms with Gasteiger partial charge in [-0.2, -0.15) is 0 Å². The molecule has 1 aliphatic carbocycles. The SMILES string of the molecule is CN1CCCc2cc(/C=C3\CC/C(=C/c4ccc5c(c4)N(C)CCC5)C3=O)ccc21. The van der Waals surface area contributed by atoms with Gasteiger partial charge in [0.15, 0.2) is 5.78 Å². The molecular weight excluding hydrogens is 368 g/mol. The van der Waals surface area contributed by atoms with E-state index in [1.807, 2.05) is 0 Å². The molecule has 0 saturated heterocycles. The number of carbonyl (C=O) groups is 1. The van der Waals surface area contributed by atoms with Gasteiger partial charge in [0, 0.05) is 49.7 Å². The average Bonchev–Trinajstić information content (AvgIpc) is 3.08. The second kappa shape index (κ2) is 7.79. The van der Waals surface area contributed by atoms with Crippen molar-refractivity contribution in [2.75, 3.05) is 37.0 Å². The molecule has 0 bridgehead atoms. The maximum atomic E-state index is 13.1. The van der Waals surface area contributed by atoms with Crippen LogP contribution in [0.1, 0.15) is 47.9 Å². The number of aryl methyl sites for hydroxylation is 2. The van der Waals surface area contributed by atoms with Crippen molar-refractivity contribution in [2.24, 2.45) is 0 Å². The van der Waals surface area contributed by atoms with E-state index in [0.717, 1.165) is 61.0 Å². The Labute approximate surface area is 179 Å². The average molecular weight is 399 g/mol. The lowest BCUT2D eigenvalue weighted by molar-refractivity contribution is -0.111. The van der Waals surface area contributed by atoms with Crippen LogP contribution in [0, 0.1) is 0 Å². The lowest BCUT2D eigenvalue weighted by atomic mass is 9.98. The molecule has 1 fully saturated rings. The van der Waals surface area contributed by atoms with Crippen molar-refractivity contribution in [3.05, 3.63) is 69.8 Å². The van der Waals surface area contributed by atoms with Gasteiger partial charge >= 0.3 is 0 Å². The number of Topliss-reactive ketones (excluding diaryl/α,β-unsaturated/α-hetero) is 1. The van der Waals surface area contributed by atoms with Crippen LogP contribution in [0.3, 0.4) is 0 Å². The van der Waals surface area contributed by atoms with Gasteiger partial charge in [0.1, 0.15) is 0 Å². The predicted molar refractivity (Wildman–Crippen MR) is 126 cm³/mol. The summed E-state index contributed by atoms with van der Waals surface area (Å²) in [5.74, 6) is 0.218. The molecule has 0 atom stereocenters. The Morgan fingerprint density at radius 3 is 2.03 bits per heavy atom. The monoisotopic (exact) mass is 398 g/mol. The van der Waals surface area contributed by atoms with Gasteiger partial charge in [0.25, 0.3) is 0 Å². The number of ketones is 1. The Morgan fingerprint density at radius 1 is 0.700 bits per heavy atom. The minimum Gasteiger partial charge on any atom is -0.374 e. The highest BCUT2D eigenvalue weighted by Crippen LogP contribution is 2.33. The van der Waals surface area contributed by atoms with Crippen LogP contribution in [0.4, 0.5) is 11.4 Å². The Hall–Kier alpha value is -2.81. The van der Waals surface area contributed by atoms with Crippen LogP contribution in [0.25, 0.3) is 12.2 Å². The molecule has 3 heteroatoms. The fourth-order valence-electron chi connectivity index (χ4n) is 5.14. The van der Waals surface area contributed by atoms with Crippen LogP contribution < -0.4 is 9.80 Å². The summed E-state index contributed by atoms with van der Waals surface area (Å²) < 4.78 is 0. The van der Waals surface area contributed by atoms with E-state index in [0.29, 0.717) is 0 Å². The van der Waals surface area contributed by atoms with Gasteiger partial charge in [0.05, 0.1) is 0 Å². The first-order valence-electron chi connectivity index (χ1n) is 11.2. The third-order valence-corrected chi connectivity index (χ3v) is 6.84. The van der Waals surface area contributed by atoms with Gasteiger partial charge in [-0.05, 0) is 91.1 Å². The molecule has 2 aliphatic heterocycles. The number of allylic oxidation sites excluding steroid dienone is 2. The van der Waals surface area contributed by atoms with Crippen molar-refractivity contribution < 1.29 is 4.79 Å². The zero-order valence-electron chi connectivity index (χ0n) is 18.1. The molecule has 3 nitrogen and oxygen atoms in total. The van der Waals surface area contributed by atoms with Crippen LogP contribution in [-0.4, -0.2) is 33.0 Å². The normalized spacial score (nSPS) is 21.3. The summed E-state index contributed by atoms with van der Waals surface area (Å²) in [4.78, 5) is 17.7. The molecule has 3 aliphatic rings. The Morgan fingerprint density at radius 2 is 1.30 bits per heavy atom. The Bertz CT molecular complexity index is 1060. The summed E-state index contributed by atoms with van der Waals surface area (Å²) in [6.45, 7) is 2.23. The van der Waals surface area contributed by atoms with Crippen molar-refractivity contribution in [1.29, 1.82) is 0 Å². The van der Waals surface area contributed by atoms with E-state index in [-0.39, 0.29) is 5.78 Å². The van der Waals surface area contributed by atoms with Crippen molar-refractivity contribution in [3.63, 3.8) is 0 Å². The molecule has 0 aromatic heterocycles. The molecule has 2 heterocycles. The minimum absolute atomic E-state index is 0.218. The molecule has 154 valence electrons. The number of rotatable bonds is 2. The molecular formula is C27H30N2O. The largest absolute Gasteiger partial charge is 0.374 e. The molecule has 1 saturated carbocycles. The zero-order chi connectivity index (χ0) is 20.7. The van der Waals surface area contributed by atoms with Crippen LogP contribution in [0.15, 0.2) is 47.5 Å². The van der Waals surface area contributed by atoms with E-state index in [1.54, 1.807) is 0 Å². The Balaban J connectivity index is 1.38. The molecule has 30 heavy (non-hydrogen) atoms. The van der Waals surface area contributed by atoms with E-state index >= 15 is 0 Å². The first-order chi connectivity index (χ1) is 14.6. The first kappa shape index (κ1) is 19.2. The Kier molecular flexibility index (Phi) is 4.98. The smallest absolute Gasteiger partial charge is 0.185 e. The fraction of sp³-hybridized carbons (Fsp3) is 0.370. The predicted octanol–water partition coefficient (Wildman–Crippen LogP) is 5.28. The zero-order valence-corrected chi connectivity index (χ0v) is 18.1. The lowest BCUT2D eigenvalue weighted by Crippen LogP contribution is -2.24. The maximum Gasteiger partial charge on any atom is 0.185 e. The van der Waals surface area contributed by atoms with Crippen LogP contribution >= 0.6 is 0 Å². The molecule has 5 rings (SSSR count). The maximum absolute atomic E-state index is 13.1. The van der Waals surface area contributed by atoms with Crippen molar-refractivity contribution in [1.82, 2.24) is 0 Å². The van der Waals surface area contributed by atoms with Gasteiger partial charge in [0.2, 0.25) is 0 Å². The second-order valence-corrected chi connectivity index (χ2v) is 8.99. The number of hydrogen-bond acceptors (Lipinski definition) is 3. The van der Waals surface area contributed by atoms with Gasteiger partial charge < -0.3 is 9.80 Å². The summed E-state index contributed by atoms with van der Waals surface area (Å²) in [6, 6.07) is 13.3. The summed E-state index contributed by atoms with van der Waals surface area (Å²) in [6.07, 6.45) is 10.6. The summed E-state index contributed by atoms with van der Waals surface area (Å²) in [5.41, 5.74) is 9.65. The van der Waals surface area contributed by atoms with E-state index in [1.165, 1.54) is 35.3 Å². The van der Waals surface area contributed by atoms with Crippen molar-refractivity contribution in [3.8, 4) is 0 Å². The summed E-state index contributed by atoms with van der Waals surface area (Å²) in [7, 11) is 4.32. The molecule has 0 spiro atoms. The molecule has 2 aromatic rings. The highest BCUT2D eigenvalue weighted by Gasteiger charge is 2.24. The number of hydrogen-bond donors (Lipinski definition) is 0. The summed E-state index contributed by atoms with van der Waals surface area (Å²) in [5, 5.41) is 0. The molecule has 0 unspecified atom stereocenters. The van der Waals surface area contributed by atoms with Crippen molar-refractivity contribution >= 4 is 29.3 Å². The molecule has 0 amide bonds. The van der Waals surface area contributed by atoms with Crippen molar-refractivity contribution in [2.45, 2.75) is 38.5 Å². The van der Waals surface area contributed by atoms with E-state index in [4.69, 9.17) is 0 Å². The van der Waals surface area contributed by atoms with Gasteiger partial charge in [-0.15, -0.1) is 0 Å². The fourth-order valence-corrected chi connectivity index (χ4v) is 5.14. The first-order valence-corrected chi connectivity index (χ1v) is 11.2. The van der Waals surface area contributed by atoms with Gasteiger partial charge in [-0.1, -0.05) is 18.2 Å². The van der Waals surface area contributed by atoms with E-state index in [9.17, 15) is 4.79 Å². The quantitative estimate of drug-likeness (QED) is 0.643. The third-order valence-electron chi connectivity index (χ3n) is 6.84. The molecule has 2 aromatic carbocycles. The number of anilines is 2. The van der Waals surface area contributed by atoms with Crippen LogP contribution in [0.2, 0.25) is 0 Å². The number of benzene rings is 2. The van der Waals surface area contributed by atoms with E-state index in [2.05, 4.69) is 72.4 Å². The number of carbonyl (C=O) groups excluding carboxylic acids is 1. The molecule has 0 N–H and O–H groups in total. The minimum atomic E-state index is 0.218. The number of nitrogens with zero attached hydrogens (tertiary/aromatic N) is 2. The topological polar surface area (TPSA) is 23.6 Å². The van der Waals surface area contributed by atoms with E-state index < -0.39 is 0 Å². The summed E-state index contributed by atoms with van der Waals surface area (Å²) >= 11 is 0. The van der Waals surface area contributed by atoms with Crippen LogP contribution in [0.5, 0.6) is 0 Å². The van der Waals surface area contributed by atoms with Gasteiger partial charge in [-0.25, -0.2) is 0 Å². The molecule has 0 radical (unpaired) electrons. The lowest BCUT2D eigenvalue weighted by Gasteiger charge is -2.27.